The van der Waals surface area contributed by atoms with Crippen LogP contribution in [-0.4, -0.2) is 0 Å². The van der Waals surface area contributed by atoms with Gasteiger partial charge < -0.3 is 0 Å². The lowest BCUT2D eigenvalue weighted by Crippen LogP contribution is -1.71. The molecular weight excluding hydrogens is 391 g/mol. The van der Waals surface area contributed by atoms with Gasteiger partial charge in [0.2, 0.25) is 0 Å². The van der Waals surface area contributed by atoms with Gasteiger partial charge in [-0.25, -0.2) is 0 Å². The molecule has 0 fully saturated rings. The summed E-state index contributed by atoms with van der Waals surface area (Å²) in [6.45, 7) is 0. The second-order valence-corrected chi connectivity index (χ2v) is 5.19. The zero-order valence-corrected chi connectivity index (χ0v) is 10.9. The van der Waals surface area contributed by atoms with Gasteiger partial charge in [0.15, 0.2) is 0 Å². The van der Waals surface area contributed by atoms with Crippen LogP contribution in [0, 0.1) is 0 Å². The quantitative estimate of drug-likeness (QED) is 0.626. The van der Waals surface area contributed by atoms with Crippen molar-refractivity contribution in [1.82, 2.24) is 0 Å². The van der Waals surface area contributed by atoms with Crippen molar-refractivity contribution in [2.24, 2.45) is 0 Å². The molecule has 0 radical (unpaired) electrons. The molecule has 0 aliphatic carbocycles. The van der Waals surface area contributed by atoms with E-state index < -0.39 is 0 Å². The Morgan fingerprint density at radius 1 is 1.30 bits per heavy atom. The average Bonchev–Trinajstić information content (AvgIpc) is 1.95. The van der Waals surface area contributed by atoms with Crippen molar-refractivity contribution in [1.29, 1.82) is 0 Å². The van der Waals surface area contributed by atoms with Crippen molar-refractivity contribution in [2.45, 2.75) is 4.90 Å². The van der Waals surface area contributed by atoms with Crippen LogP contribution in [0.25, 0.3) is 0 Å². The Bertz CT molecular complexity index is 239. The average molecular weight is 394 g/mol. The molecule has 0 aliphatic heterocycles. The van der Waals surface area contributed by atoms with Gasteiger partial charge in [-0.3, -0.25) is 0 Å². The van der Waals surface area contributed by atoms with Crippen LogP contribution in [0.5, 0.6) is 0 Å². The van der Waals surface area contributed by atoms with E-state index >= 15 is 0 Å². The van der Waals surface area contributed by atoms with Crippen molar-refractivity contribution < 1.29 is 0 Å². The smallest absolute Gasteiger partial charge is 0.0461 e. The van der Waals surface area contributed by atoms with Crippen molar-refractivity contribution in [3.63, 3.8) is 0 Å². The van der Waals surface area contributed by atoms with E-state index in [4.69, 9.17) is 0 Å². The first-order valence-corrected chi connectivity index (χ1v) is 7.43. The van der Waals surface area contributed by atoms with E-state index in [0.29, 0.717) is 0 Å². The zero-order valence-electron chi connectivity index (χ0n) is 4.77. The van der Waals surface area contributed by atoms with E-state index in [1.165, 1.54) is 4.90 Å². The summed E-state index contributed by atoms with van der Waals surface area (Å²) in [5.74, 6) is 0. The minimum atomic E-state index is 1.11. The minimum absolute atomic E-state index is 1.11. The predicted molar refractivity (Wildman–Crippen MR) is 61.7 cm³/mol. The second kappa shape index (κ2) is 4.33. The van der Waals surface area contributed by atoms with Crippen LogP contribution >= 0.6 is 62.0 Å². The molecule has 54 valence electrons. The highest BCUT2D eigenvalue weighted by Crippen LogP contribution is 2.36. The molecule has 1 rings (SSSR count). The summed E-state index contributed by atoms with van der Waals surface area (Å²) in [7, 11) is 1.70. The fourth-order valence-electron chi connectivity index (χ4n) is 0.544. The number of benzene rings is 1. The summed E-state index contributed by atoms with van der Waals surface area (Å²) in [5.41, 5.74) is 0. The molecule has 0 atom stereocenters. The van der Waals surface area contributed by atoms with E-state index in [1.807, 2.05) is 12.1 Å². The van der Waals surface area contributed by atoms with Gasteiger partial charge in [0.05, 0.1) is 0 Å². The van der Waals surface area contributed by atoms with Crippen LogP contribution in [0.4, 0.5) is 0 Å². The first-order valence-electron chi connectivity index (χ1n) is 2.48. The zero-order chi connectivity index (χ0) is 7.56. The third kappa shape index (κ3) is 2.12. The molecule has 4 heteroatoms. The number of rotatable bonds is 1. The van der Waals surface area contributed by atoms with Crippen LogP contribution in [0.2, 0.25) is 0 Å². The molecule has 0 spiro atoms. The van der Waals surface area contributed by atoms with Gasteiger partial charge in [0.1, 0.15) is 0 Å². The normalized spacial score (nSPS) is 9.90. The Hall–Kier alpha value is 1.26. The molecule has 0 saturated heterocycles. The molecule has 1 aromatic rings. The first-order chi connectivity index (χ1) is 4.75. The molecule has 0 saturated carbocycles. The van der Waals surface area contributed by atoms with Gasteiger partial charge in [0.25, 0.3) is 0 Å². The van der Waals surface area contributed by atoms with Gasteiger partial charge in [-0.15, -0.1) is 0 Å². The topological polar surface area (TPSA) is 0 Å². The van der Waals surface area contributed by atoms with E-state index in [9.17, 15) is 0 Å². The SMILES string of the molecule is Brc1cccc(SI)c1Br. The number of halogens is 3. The van der Waals surface area contributed by atoms with Gasteiger partial charge in [-0.05, 0) is 44.0 Å². The van der Waals surface area contributed by atoms with Gasteiger partial charge >= 0.3 is 0 Å². The Balaban J connectivity index is 3.14. The monoisotopic (exact) mass is 392 g/mol. The lowest BCUT2D eigenvalue weighted by Gasteiger charge is -1.99. The highest BCUT2D eigenvalue weighted by atomic mass is 127. The van der Waals surface area contributed by atoms with E-state index in [-0.39, 0.29) is 0 Å². The first kappa shape index (κ1) is 9.35. The van der Waals surface area contributed by atoms with Crippen molar-refractivity contribution in [2.75, 3.05) is 0 Å². The third-order valence-corrected chi connectivity index (χ3v) is 5.24. The fraction of sp³-hybridized carbons (Fsp3) is 0. The number of hydrogen-bond donors (Lipinski definition) is 0. The van der Waals surface area contributed by atoms with Crippen LogP contribution < -0.4 is 0 Å². The summed E-state index contributed by atoms with van der Waals surface area (Å²) in [5, 5.41) is 0. The maximum atomic E-state index is 3.47. The van der Waals surface area contributed by atoms with Crippen LogP contribution in [0.1, 0.15) is 0 Å². The van der Waals surface area contributed by atoms with Crippen LogP contribution in [0.15, 0.2) is 32.0 Å². The Morgan fingerprint density at radius 2 is 2.00 bits per heavy atom. The standard InChI is InChI=1S/C6H3Br2IS/c7-4-2-1-3-5(10-9)6(4)8/h1-3H. The fourth-order valence-corrected chi connectivity index (χ4v) is 3.86. The molecule has 0 aliphatic rings. The molecule has 0 amide bonds. The lowest BCUT2D eigenvalue weighted by atomic mass is 10.4. The Morgan fingerprint density at radius 3 is 2.50 bits per heavy atom. The molecule has 10 heavy (non-hydrogen) atoms. The molecule has 0 heterocycles. The molecular formula is C6H3Br2IS. The Labute approximate surface area is 93.0 Å². The van der Waals surface area contributed by atoms with Crippen LogP contribution in [-0.2, 0) is 0 Å². The summed E-state index contributed by atoms with van der Waals surface area (Å²) in [4.78, 5) is 1.25. The lowest BCUT2D eigenvalue weighted by molar-refractivity contribution is 1.39. The molecule has 0 nitrogen and oxygen atoms in total. The maximum absolute atomic E-state index is 3.47. The Kier molecular flexibility index (Phi) is 4.04. The van der Waals surface area contributed by atoms with Gasteiger partial charge in [-0.1, -0.05) is 15.0 Å². The van der Waals surface area contributed by atoms with Crippen molar-refractivity contribution in [3.8, 4) is 0 Å². The minimum Gasteiger partial charge on any atom is -0.0599 e. The summed E-state index contributed by atoms with van der Waals surface area (Å²) in [6.07, 6.45) is 0. The molecule has 0 aromatic heterocycles. The third-order valence-electron chi connectivity index (χ3n) is 0.999. The van der Waals surface area contributed by atoms with Gasteiger partial charge in [0, 0.05) is 35.0 Å². The molecule has 0 N–H and O–H groups in total. The maximum Gasteiger partial charge on any atom is 0.0461 e. The van der Waals surface area contributed by atoms with Gasteiger partial charge in [-0.2, -0.15) is 0 Å². The highest BCUT2D eigenvalue weighted by Gasteiger charge is 2.00. The van der Waals surface area contributed by atoms with Crippen LogP contribution in [0.3, 0.4) is 0 Å². The van der Waals surface area contributed by atoms with E-state index in [1.54, 1.807) is 8.93 Å². The molecule has 1 aromatic carbocycles. The van der Waals surface area contributed by atoms with Crippen molar-refractivity contribution in [3.05, 3.63) is 27.1 Å². The predicted octanol–water partition coefficient (Wildman–Crippen LogP) is 4.65. The number of hydrogen-bond acceptors (Lipinski definition) is 1. The summed E-state index contributed by atoms with van der Waals surface area (Å²) < 4.78 is 2.24. The molecule has 0 bridgehead atoms. The largest absolute Gasteiger partial charge is 0.0599 e. The highest BCUT2D eigenvalue weighted by molar-refractivity contribution is 14.2. The van der Waals surface area contributed by atoms with Crippen molar-refractivity contribution >= 4 is 62.0 Å². The summed E-state index contributed by atoms with van der Waals surface area (Å²) >= 11 is 9.15. The second-order valence-electron chi connectivity index (χ2n) is 1.63. The van der Waals surface area contributed by atoms with E-state index in [2.05, 4.69) is 59.1 Å². The summed E-state index contributed by atoms with van der Waals surface area (Å²) in [6, 6.07) is 6.11. The molecule has 0 unspecified atom stereocenters. The van der Waals surface area contributed by atoms with E-state index in [0.717, 1.165) is 8.95 Å².